The average Bonchev–Trinajstić information content (AvgIpc) is 2.99. The molecule has 2 aromatic rings. The van der Waals surface area contributed by atoms with Crippen molar-refractivity contribution in [1.82, 2.24) is 4.90 Å². The molecule has 1 atom stereocenters. The van der Waals surface area contributed by atoms with Crippen LogP contribution in [0.3, 0.4) is 0 Å². The van der Waals surface area contributed by atoms with E-state index in [2.05, 4.69) is 0 Å². The third kappa shape index (κ3) is 2.20. The van der Waals surface area contributed by atoms with Crippen molar-refractivity contribution in [3.63, 3.8) is 0 Å². The molecular formula is C15H13NO3S. The van der Waals surface area contributed by atoms with Crippen LogP contribution >= 0.6 is 11.3 Å². The van der Waals surface area contributed by atoms with Gasteiger partial charge in [0.15, 0.2) is 0 Å². The number of hydrogen-bond acceptors (Lipinski definition) is 3. The molecule has 5 heteroatoms. The second-order valence-electron chi connectivity index (χ2n) is 4.74. The van der Waals surface area contributed by atoms with E-state index < -0.39 is 12.0 Å². The summed E-state index contributed by atoms with van der Waals surface area (Å²) < 4.78 is 0. The molecule has 1 aromatic heterocycles. The molecule has 2 heterocycles. The Kier molecular flexibility index (Phi) is 3.28. The third-order valence-corrected chi connectivity index (χ3v) is 4.38. The number of carboxylic acid groups (broad SMARTS) is 1. The number of amides is 1. The van der Waals surface area contributed by atoms with Crippen LogP contribution < -0.4 is 0 Å². The summed E-state index contributed by atoms with van der Waals surface area (Å²) in [5.41, 5.74) is 2.03. The Balaban J connectivity index is 1.96. The fraction of sp³-hybridized carbons (Fsp3) is 0.200. The molecule has 0 fully saturated rings. The van der Waals surface area contributed by atoms with Gasteiger partial charge < -0.3 is 10.0 Å². The van der Waals surface area contributed by atoms with Crippen molar-refractivity contribution in [2.75, 3.05) is 0 Å². The van der Waals surface area contributed by atoms with Crippen LogP contribution in [-0.2, 0) is 17.8 Å². The Morgan fingerprint density at radius 1 is 1.15 bits per heavy atom. The van der Waals surface area contributed by atoms with Gasteiger partial charge in [-0.3, -0.25) is 4.79 Å². The molecule has 0 radical (unpaired) electrons. The minimum atomic E-state index is -0.954. The van der Waals surface area contributed by atoms with E-state index in [-0.39, 0.29) is 5.91 Å². The monoisotopic (exact) mass is 287 g/mol. The lowest BCUT2D eigenvalue weighted by atomic mass is 9.94. The number of carbonyl (C=O) groups excluding carboxylic acids is 1. The molecular weight excluding hydrogens is 274 g/mol. The van der Waals surface area contributed by atoms with Gasteiger partial charge in [-0.05, 0) is 22.6 Å². The number of aliphatic carboxylic acids is 1. The number of fused-ring (bicyclic) bond motifs is 1. The number of benzene rings is 1. The van der Waals surface area contributed by atoms with Crippen molar-refractivity contribution in [2.24, 2.45) is 0 Å². The lowest BCUT2D eigenvalue weighted by molar-refractivity contribution is -0.142. The normalized spacial score (nSPS) is 17.6. The number of carboxylic acids is 1. The molecule has 0 bridgehead atoms. The maximum absolute atomic E-state index is 12.5. The van der Waals surface area contributed by atoms with E-state index in [1.54, 1.807) is 12.1 Å². The van der Waals surface area contributed by atoms with Gasteiger partial charge in [0, 0.05) is 13.0 Å². The van der Waals surface area contributed by atoms with Crippen molar-refractivity contribution in [1.29, 1.82) is 0 Å². The highest BCUT2D eigenvalue weighted by molar-refractivity contribution is 7.12. The molecule has 0 aliphatic carbocycles. The van der Waals surface area contributed by atoms with E-state index >= 15 is 0 Å². The Bertz CT molecular complexity index is 651. The van der Waals surface area contributed by atoms with Gasteiger partial charge in [-0.1, -0.05) is 30.3 Å². The smallest absolute Gasteiger partial charge is 0.326 e. The first-order valence-electron chi connectivity index (χ1n) is 6.31. The Labute approximate surface area is 120 Å². The van der Waals surface area contributed by atoms with Crippen molar-refractivity contribution in [3.05, 3.63) is 57.8 Å². The summed E-state index contributed by atoms with van der Waals surface area (Å²) in [7, 11) is 0. The summed E-state index contributed by atoms with van der Waals surface area (Å²) in [4.78, 5) is 26.0. The minimum absolute atomic E-state index is 0.207. The predicted octanol–water partition coefficient (Wildman–Crippen LogP) is 2.40. The van der Waals surface area contributed by atoms with Gasteiger partial charge in [-0.15, -0.1) is 11.3 Å². The zero-order valence-electron chi connectivity index (χ0n) is 10.7. The lowest BCUT2D eigenvalue weighted by Gasteiger charge is -2.34. The number of rotatable bonds is 2. The number of thiophene rings is 1. The summed E-state index contributed by atoms with van der Waals surface area (Å²) in [5.74, 6) is -1.16. The molecule has 20 heavy (non-hydrogen) atoms. The van der Waals surface area contributed by atoms with Gasteiger partial charge >= 0.3 is 5.97 Å². The van der Waals surface area contributed by atoms with Gasteiger partial charge in [0.05, 0.1) is 4.88 Å². The maximum Gasteiger partial charge on any atom is 0.326 e. The van der Waals surface area contributed by atoms with Crippen LogP contribution in [0.4, 0.5) is 0 Å². The Morgan fingerprint density at radius 2 is 1.90 bits per heavy atom. The van der Waals surface area contributed by atoms with Crippen molar-refractivity contribution >= 4 is 23.2 Å². The van der Waals surface area contributed by atoms with E-state index in [0.717, 1.165) is 11.1 Å². The summed E-state index contributed by atoms with van der Waals surface area (Å²) in [5, 5.41) is 11.2. The van der Waals surface area contributed by atoms with E-state index in [4.69, 9.17) is 0 Å². The maximum atomic E-state index is 12.5. The summed E-state index contributed by atoms with van der Waals surface area (Å²) in [6.45, 7) is 0.351. The zero-order chi connectivity index (χ0) is 14.1. The third-order valence-electron chi connectivity index (χ3n) is 3.53. The standard InChI is InChI=1S/C15H13NO3S/c17-14(13-6-3-7-20-13)16-9-11-5-2-1-4-10(11)8-12(16)15(18)19/h1-7,12H,8-9H2,(H,18,19)/t12-/m0/s1. The molecule has 1 aliphatic heterocycles. The van der Waals surface area contributed by atoms with Gasteiger partial charge in [0.25, 0.3) is 5.91 Å². The minimum Gasteiger partial charge on any atom is -0.480 e. The highest BCUT2D eigenvalue weighted by Gasteiger charge is 2.35. The first-order chi connectivity index (χ1) is 9.66. The van der Waals surface area contributed by atoms with Crippen LogP contribution in [0.5, 0.6) is 0 Å². The molecule has 102 valence electrons. The first-order valence-corrected chi connectivity index (χ1v) is 7.19. The zero-order valence-corrected chi connectivity index (χ0v) is 11.5. The van der Waals surface area contributed by atoms with Crippen molar-refractivity contribution in [2.45, 2.75) is 19.0 Å². The lowest BCUT2D eigenvalue weighted by Crippen LogP contribution is -2.48. The molecule has 3 rings (SSSR count). The van der Waals surface area contributed by atoms with Gasteiger partial charge in [0.2, 0.25) is 0 Å². The summed E-state index contributed by atoms with van der Waals surface area (Å²) in [6.07, 6.45) is 0.364. The number of carbonyl (C=O) groups is 2. The van der Waals surface area contributed by atoms with Gasteiger partial charge in [-0.2, -0.15) is 0 Å². The van der Waals surface area contributed by atoms with Crippen LogP contribution in [0.25, 0.3) is 0 Å². The van der Waals surface area contributed by atoms with Gasteiger partial charge in [0.1, 0.15) is 6.04 Å². The Morgan fingerprint density at radius 3 is 2.55 bits per heavy atom. The van der Waals surface area contributed by atoms with Crippen LogP contribution in [0.15, 0.2) is 41.8 Å². The molecule has 0 saturated heterocycles. The van der Waals surface area contributed by atoms with Crippen LogP contribution in [0.2, 0.25) is 0 Å². The van der Waals surface area contributed by atoms with Crippen molar-refractivity contribution < 1.29 is 14.7 Å². The molecule has 0 unspecified atom stereocenters. The average molecular weight is 287 g/mol. The summed E-state index contributed by atoms with van der Waals surface area (Å²) in [6, 6.07) is 10.4. The first kappa shape index (κ1) is 12.9. The van der Waals surface area contributed by atoms with E-state index in [0.29, 0.717) is 17.8 Å². The number of hydrogen-bond donors (Lipinski definition) is 1. The van der Waals surface area contributed by atoms with Crippen molar-refractivity contribution in [3.8, 4) is 0 Å². The molecule has 0 saturated carbocycles. The van der Waals surface area contributed by atoms with Crippen LogP contribution in [0, 0.1) is 0 Å². The van der Waals surface area contributed by atoms with E-state index in [9.17, 15) is 14.7 Å². The quantitative estimate of drug-likeness (QED) is 0.922. The molecule has 4 nitrogen and oxygen atoms in total. The fourth-order valence-corrected chi connectivity index (χ4v) is 3.18. The van der Waals surface area contributed by atoms with E-state index in [1.807, 2.05) is 29.6 Å². The van der Waals surface area contributed by atoms with Crippen LogP contribution in [0.1, 0.15) is 20.8 Å². The van der Waals surface area contributed by atoms with Gasteiger partial charge in [-0.25, -0.2) is 4.79 Å². The largest absolute Gasteiger partial charge is 0.480 e. The molecule has 1 N–H and O–H groups in total. The predicted molar refractivity (Wildman–Crippen MR) is 75.8 cm³/mol. The summed E-state index contributed by atoms with van der Waals surface area (Å²) >= 11 is 1.34. The highest BCUT2D eigenvalue weighted by atomic mass is 32.1. The Hall–Kier alpha value is -2.14. The second kappa shape index (κ2) is 5.09. The SMILES string of the molecule is O=C(O)[C@@H]1Cc2ccccc2CN1C(=O)c1cccs1. The fourth-order valence-electron chi connectivity index (χ4n) is 2.50. The number of nitrogens with zero attached hydrogens (tertiary/aromatic N) is 1. The molecule has 1 aromatic carbocycles. The molecule has 1 amide bonds. The highest BCUT2D eigenvalue weighted by Crippen LogP contribution is 2.26. The van der Waals surface area contributed by atoms with Crippen LogP contribution in [-0.4, -0.2) is 27.9 Å². The molecule has 0 spiro atoms. The molecule has 1 aliphatic rings. The second-order valence-corrected chi connectivity index (χ2v) is 5.68. The van der Waals surface area contributed by atoms with E-state index in [1.165, 1.54) is 16.2 Å². The topological polar surface area (TPSA) is 57.6 Å².